The predicted molar refractivity (Wildman–Crippen MR) is 225 cm³/mol. The summed E-state index contributed by atoms with van der Waals surface area (Å²) in [6.45, 7) is 13.4. The summed E-state index contributed by atoms with van der Waals surface area (Å²) in [5.74, 6) is -1.88. The number of cyclic esters (lactones) is 1. The number of ether oxygens (including phenoxy) is 1. The van der Waals surface area contributed by atoms with Gasteiger partial charge in [0.05, 0.1) is 18.8 Å². The number of fused-ring (bicyclic) bond motifs is 6. The first-order valence-electron chi connectivity index (χ1n) is 20.5. The van der Waals surface area contributed by atoms with Gasteiger partial charge in [-0.2, -0.15) is 0 Å². The first-order chi connectivity index (χ1) is 27.7. The Hall–Kier alpha value is -5.27. The fourth-order valence-electron chi connectivity index (χ4n) is 8.57. The molecular formula is C45H59N7O6. The molecule has 4 aromatic rings. The summed E-state index contributed by atoms with van der Waals surface area (Å²) in [6, 6.07) is 10.9. The maximum Gasteiger partial charge on any atom is 0.324 e. The number of aromatic hydroxyl groups is 1. The summed E-state index contributed by atoms with van der Waals surface area (Å²) in [5.41, 5.74) is 10.4. The molecule has 2 aliphatic heterocycles. The zero-order chi connectivity index (χ0) is 41.9. The van der Waals surface area contributed by atoms with Gasteiger partial charge >= 0.3 is 5.97 Å². The van der Waals surface area contributed by atoms with Gasteiger partial charge in [0.15, 0.2) is 0 Å². The molecule has 6 bridgehead atoms. The number of phenolic OH excluding ortho intramolecular Hbond substituents is 1. The molecule has 13 nitrogen and oxygen atoms in total. The van der Waals surface area contributed by atoms with E-state index < -0.39 is 41.3 Å². The van der Waals surface area contributed by atoms with Crippen LogP contribution < -0.4 is 16.1 Å². The van der Waals surface area contributed by atoms with Gasteiger partial charge in [0.25, 0.3) is 5.91 Å². The highest BCUT2D eigenvalue weighted by Crippen LogP contribution is 2.41. The summed E-state index contributed by atoms with van der Waals surface area (Å²) < 4.78 is 8.39. The van der Waals surface area contributed by atoms with Gasteiger partial charge in [-0.05, 0) is 104 Å². The summed E-state index contributed by atoms with van der Waals surface area (Å²) in [5, 5.41) is 19.5. The van der Waals surface area contributed by atoms with Gasteiger partial charge < -0.3 is 29.9 Å². The van der Waals surface area contributed by atoms with E-state index in [-0.39, 0.29) is 37.1 Å². The van der Waals surface area contributed by atoms with Crippen LogP contribution in [0, 0.1) is 11.3 Å². The second kappa shape index (κ2) is 17.7. The number of aromatic nitrogens is 2. The maximum atomic E-state index is 14.5. The molecule has 13 heteroatoms. The molecule has 3 amide bonds. The first-order valence-corrected chi connectivity index (χ1v) is 20.5. The number of aryl methyl sites for hydroxylation is 2. The van der Waals surface area contributed by atoms with Crippen molar-refractivity contribution in [2.24, 2.45) is 11.3 Å². The van der Waals surface area contributed by atoms with Gasteiger partial charge in [0, 0.05) is 60.8 Å². The monoisotopic (exact) mass is 793 g/mol. The molecule has 4 heterocycles. The lowest BCUT2D eigenvalue weighted by molar-refractivity contribution is -0.155. The van der Waals surface area contributed by atoms with Crippen LogP contribution in [0.4, 0.5) is 0 Å². The van der Waals surface area contributed by atoms with E-state index in [0.29, 0.717) is 31.4 Å². The number of nitrogens with zero attached hydrogens (tertiary/aromatic N) is 4. The lowest BCUT2D eigenvalue weighted by Crippen LogP contribution is -2.62. The highest BCUT2D eigenvalue weighted by Gasteiger charge is 2.37. The number of hydrazine groups is 1. The van der Waals surface area contributed by atoms with Gasteiger partial charge in [-0.25, -0.2) is 5.43 Å². The van der Waals surface area contributed by atoms with Crippen molar-refractivity contribution in [3.63, 3.8) is 0 Å². The number of hydrogen-bond donors (Lipinski definition) is 4. The van der Waals surface area contributed by atoms with Crippen molar-refractivity contribution in [2.45, 2.75) is 98.3 Å². The molecular weight excluding hydrogens is 735 g/mol. The van der Waals surface area contributed by atoms with Crippen LogP contribution in [0.2, 0.25) is 0 Å². The Morgan fingerprint density at radius 3 is 2.59 bits per heavy atom. The number of nitrogens with one attached hydrogen (secondary N) is 3. The summed E-state index contributed by atoms with van der Waals surface area (Å²) >= 11 is 0. The van der Waals surface area contributed by atoms with E-state index in [4.69, 9.17) is 4.74 Å². The van der Waals surface area contributed by atoms with Crippen LogP contribution in [0.1, 0.15) is 71.1 Å². The van der Waals surface area contributed by atoms with Crippen LogP contribution in [0.25, 0.3) is 33.3 Å². The fraction of sp³-hybridized carbons (Fsp3) is 0.489. The second-order valence-corrected chi connectivity index (χ2v) is 16.8. The molecule has 2 aliphatic rings. The van der Waals surface area contributed by atoms with Crippen molar-refractivity contribution in [2.75, 3.05) is 33.8 Å². The minimum Gasteiger partial charge on any atom is -0.508 e. The fourth-order valence-corrected chi connectivity index (χ4v) is 8.57. The molecule has 2 aromatic heterocycles. The molecule has 0 aliphatic carbocycles. The Morgan fingerprint density at radius 1 is 1.10 bits per heavy atom. The van der Waals surface area contributed by atoms with E-state index in [2.05, 4.69) is 71.5 Å². The maximum absolute atomic E-state index is 14.5. The van der Waals surface area contributed by atoms with Crippen molar-refractivity contribution >= 4 is 34.6 Å². The SMILES string of the molecule is CCc1ccncc1-c1c2c3cc(ccc3n1CC)-c1cc(O)cc(c1)C[C@H](NC(=O)[C@H](C(C)C)N(C)C(=O)CNC)C(=O)N1CCC[C@H](N1)C(=O)OCC(C)(C)C2. The highest BCUT2D eigenvalue weighted by molar-refractivity contribution is 5.96. The third kappa shape index (κ3) is 8.90. The van der Waals surface area contributed by atoms with Crippen LogP contribution >= 0.6 is 0 Å². The Kier molecular flexibility index (Phi) is 12.9. The van der Waals surface area contributed by atoms with Crippen molar-refractivity contribution in [3.8, 4) is 28.1 Å². The quantitative estimate of drug-likeness (QED) is 0.171. The summed E-state index contributed by atoms with van der Waals surface area (Å²) in [6.07, 6.45) is 6.25. The number of amides is 3. The zero-order valence-corrected chi connectivity index (χ0v) is 35.1. The van der Waals surface area contributed by atoms with E-state index in [9.17, 15) is 24.3 Å². The average molecular weight is 794 g/mol. The molecule has 58 heavy (non-hydrogen) atoms. The second-order valence-electron chi connectivity index (χ2n) is 16.8. The number of carbonyl (C=O) groups is 4. The van der Waals surface area contributed by atoms with E-state index in [0.717, 1.165) is 51.8 Å². The molecule has 0 spiro atoms. The van der Waals surface area contributed by atoms with Crippen molar-refractivity contribution < 1.29 is 29.0 Å². The number of esters is 1. The number of phenols is 1. The lowest BCUT2D eigenvalue weighted by Gasteiger charge is -2.36. The van der Waals surface area contributed by atoms with Crippen molar-refractivity contribution in [3.05, 3.63) is 71.5 Å². The van der Waals surface area contributed by atoms with Gasteiger partial charge in [0.1, 0.15) is 23.9 Å². The number of pyridine rings is 1. The molecule has 3 atom stereocenters. The van der Waals surface area contributed by atoms with Gasteiger partial charge in [-0.1, -0.05) is 46.8 Å². The number of benzene rings is 2. The molecule has 1 saturated heterocycles. The highest BCUT2D eigenvalue weighted by atomic mass is 16.5. The smallest absolute Gasteiger partial charge is 0.324 e. The molecule has 0 saturated carbocycles. The van der Waals surface area contributed by atoms with E-state index in [1.54, 1.807) is 26.2 Å². The normalized spacial score (nSPS) is 19.1. The molecule has 2 aromatic carbocycles. The number of carbonyl (C=O) groups excluding carboxylic acids is 4. The van der Waals surface area contributed by atoms with E-state index in [1.807, 2.05) is 38.4 Å². The summed E-state index contributed by atoms with van der Waals surface area (Å²) in [7, 11) is 3.25. The molecule has 1 fully saturated rings. The third-order valence-electron chi connectivity index (χ3n) is 11.4. The Balaban J connectivity index is 1.50. The molecule has 4 N–H and O–H groups in total. The largest absolute Gasteiger partial charge is 0.508 e. The van der Waals surface area contributed by atoms with Crippen molar-refractivity contribution in [1.82, 2.24) is 35.5 Å². The standard InChI is InChI=1S/C45H59N7O6/c1-9-29-15-16-47-24-35(29)41-34-23-45(5,6)26-58-44(57)36-12-11-17-52(49-36)43(56)37(48-42(55)40(27(3)4)50(8)39(54)25-46-7)20-28-18-31(21-32(53)19-28)30-13-14-38(33(34)22-30)51(41)10-2/h13-16,18-19,21-22,24,27,36-37,40,46,49,53H,9-12,17,20,23,25-26H2,1-8H3,(H,48,55)/t36-,37-,40-/m0/s1. The first kappa shape index (κ1) is 42.3. The Morgan fingerprint density at radius 2 is 1.88 bits per heavy atom. The van der Waals surface area contributed by atoms with Crippen molar-refractivity contribution in [1.29, 1.82) is 0 Å². The van der Waals surface area contributed by atoms with Gasteiger partial charge in [0.2, 0.25) is 11.8 Å². The molecule has 310 valence electrons. The number of likely N-dealkylation sites (N-methyl/N-ethyl adjacent to an activating group) is 2. The van der Waals surface area contributed by atoms with Crippen LogP contribution in [0.3, 0.4) is 0 Å². The summed E-state index contributed by atoms with van der Waals surface area (Å²) in [4.78, 5) is 61.2. The topological polar surface area (TPSA) is 158 Å². The van der Waals surface area contributed by atoms with Crippen LogP contribution in [0.15, 0.2) is 54.9 Å². The lowest BCUT2D eigenvalue weighted by atomic mass is 9.84. The average Bonchev–Trinajstić information content (AvgIpc) is 3.50. The van der Waals surface area contributed by atoms with E-state index in [1.165, 1.54) is 15.5 Å². The Bertz CT molecular complexity index is 2180. The third-order valence-corrected chi connectivity index (χ3v) is 11.4. The zero-order valence-electron chi connectivity index (χ0n) is 35.1. The van der Waals surface area contributed by atoms with Gasteiger partial charge in [-0.3, -0.25) is 29.2 Å². The minimum absolute atomic E-state index is 0.0204. The minimum atomic E-state index is -1.10. The Labute approximate surface area is 341 Å². The predicted octanol–water partition coefficient (Wildman–Crippen LogP) is 5.01. The van der Waals surface area contributed by atoms with Crippen LogP contribution in [0.5, 0.6) is 5.75 Å². The van der Waals surface area contributed by atoms with Crippen LogP contribution in [-0.2, 0) is 49.7 Å². The number of rotatable bonds is 9. The van der Waals surface area contributed by atoms with E-state index >= 15 is 0 Å². The van der Waals surface area contributed by atoms with Crippen LogP contribution in [-0.4, -0.2) is 100 Å². The molecule has 0 radical (unpaired) electrons. The van der Waals surface area contributed by atoms with Gasteiger partial charge in [-0.15, -0.1) is 0 Å². The molecule has 6 rings (SSSR count). The molecule has 0 unspecified atom stereocenters. The number of hydrogen-bond acceptors (Lipinski definition) is 9.